The maximum atomic E-state index is 13.3. The summed E-state index contributed by atoms with van der Waals surface area (Å²) in [5.74, 6) is 0. The van der Waals surface area contributed by atoms with E-state index >= 15 is 0 Å². The van der Waals surface area contributed by atoms with E-state index in [2.05, 4.69) is 48.6 Å². The van der Waals surface area contributed by atoms with E-state index in [0.29, 0.717) is 11.1 Å². The van der Waals surface area contributed by atoms with Crippen LogP contribution in [0, 0.1) is 0 Å². The zero-order chi connectivity index (χ0) is 43.1. The standard InChI is InChI=1S/C56H38F6/c57-55(58,59)49-32-28-47(29-33-49)53(43-9-3-1-4-10-43)37-41-19-15-39(16-20-41)23-25-46-27-26-45-13-7-8-14-51(45)52(46)36-24-40-17-21-42(22-18-40)38-54(44-11-5-2-6-12-44)48-30-34-50(35-31-48)56(60,61)62/h1-38H/b25-23+,36-24+,53-37+,54-38+. The fraction of sp³-hybridized carbons (Fsp3) is 0.0357. The average molecular weight is 825 g/mol. The second kappa shape index (κ2) is 18.0. The van der Waals surface area contributed by atoms with Gasteiger partial charge in [-0.25, -0.2) is 0 Å². The predicted molar refractivity (Wildman–Crippen MR) is 244 cm³/mol. The molecule has 0 nitrogen and oxygen atoms in total. The molecule has 0 amide bonds. The Bertz CT molecular complexity index is 2900. The van der Waals surface area contributed by atoms with Gasteiger partial charge in [-0.05, 0) is 114 Å². The Morgan fingerprint density at radius 1 is 0.323 bits per heavy atom. The Morgan fingerprint density at radius 2 is 0.710 bits per heavy atom. The molecule has 0 radical (unpaired) electrons. The van der Waals surface area contributed by atoms with Gasteiger partial charge < -0.3 is 0 Å². The molecule has 0 aliphatic carbocycles. The van der Waals surface area contributed by atoms with Crippen LogP contribution in [0.1, 0.15) is 66.8 Å². The van der Waals surface area contributed by atoms with Gasteiger partial charge in [0.25, 0.3) is 0 Å². The molecule has 0 heterocycles. The van der Waals surface area contributed by atoms with Crippen molar-refractivity contribution in [2.24, 2.45) is 0 Å². The molecule has 0 fully saturated rings. The van der Waals surface area contributed by atoms with Crippen LogP contribution in [0.3, 0.4) is 0 Å². The Labute approximate surface area is 356 Å². The normalized spacial score (nSPS) is 12.7. The van der Waals surface area contributed by atoms with Crippen LogP contribution in [-0.4, -0.2) is 0 Å². The summed E-state index contributed by atoms with van der Waals surface area (Å²) in [5.41, 5.74) is 9.30. The van der Waals surface area contributed by atoms with Crippen LogP contribution in [0.5, 0.6) is 0 Å². The lowest BCUT2D eigenvalue weighted by molar-refractivity contribution is -0.138. The molecule has 0 aliphatic heterocycles. The molecule has 0 saturated carbocycles. The highest BCUT2D eigenvalue weighted by molar-refractivity contribution is 5.98. The van der Waals surface area contributed by atoms with Crippen molar-refractivity contribution in [1.82, 2.24) is 0 Å². The van der Waals surface area contributed by atoms with Gasteiger partial charge in [0.2, 0.25) is 0 Å². The lowest BCUT2D eigenvalue weighted by Gasteiger charge is -2.12. The molecular formula is C56H38F6. The smallest absolute Gasteiger partial charge is 0.166 e. The van der Waals surface area contributed by atoms with Crippen LogP contribution in [0.4, 0.5) is 26.3 Å². The molecule has 0 N–H and O–H groups in total. The molecule has 6 heteroatoms. The summed E-state index contributed by atoms with van der Waals surface area (Å²) in [4.78, 5) is 0. The zero-order valence-electron chi connectivity index (χ0n) is 33.2. The van der Waals surface area contributed by atoms with E-state index in [1.165, 1.54) is 24.3 Å². The lowest BCUT2D eigenvalue weighted by Crippen LogP contribution is -2.04. The Balaban J connectivity index is 1.05. The largest absolute Gasteiger partial charge is 0.416 e. The van der Waals surface area contributed by atoms with E-state index in [-0.39, 0.29) is 0 Å². The first-order chi connectivity index (χ1) is 30.0. The molecule has 0 bridgehead atoms. The number of hydrogen-bond acceptors (Lipinski definition) is 0. The second-order valence-corrected chi connectivity index (χ2v) is 14.8. The quantitative estimate of drug-likeness (QED) is 0.0952. The summed E-state index contributed by atoms with van der Waals surface area (Å²) >= 11 is 0. The molecule has 8 rings (SSSR count). The molecule has 0 saturated heterocycles. The van der Waals surface area contributed by atoms with Gasteiger partial charge >= 0.3 is 12.4 Å². The van der Waals surface area contributed by atoms with Crippen molar-refractivity contribution in [2.45, 2.75) is 12.4 Å². The lowest BCUT2D eigenvalue weighted by atomic mass is 9.94. The van der Waals surface area contributed by atoms with Crippen molar-refractivity contribution in [3.8, 4) is 0 Å². The SMILES string of the molecule is FC(F)(F)c1ccc(/C(=C/c2ccc(/C=C/c3ccc4ccccc4c3/C=C/c3ccc(/C=C(\c4ccccc4)c4ccc(C(F)(F)F)cc4)cc3)cc2)c2ccccc2)cc1. The molecule has 0 aromatic heterocycles. The van der Waals surface area contributed by atoms with E-state index < -0.39 is 23.5 Å². The first kappa shape index (κ1) is 41.3. The van der Waals surface area contributed by atoms with Crippen molar-refractivity contribution in [3.05, 3.63) is 261 Å². The van der Waals surface area contributed by atoms with E-state index in [1.54, 1.807) is 0 Å². The molecule has 304 valence electrons. The van der Waals surface area contributed by atoms with Crippen LogP contribution in [-0.2, 0) is 12.4 Å². The van der Waals surface area contributed by atoms with Crippen LogP contribution >= 0.6 is 0 Å². The first-order valence-corrected chi connectivity index (χ1v) is 20.0. The summed E-state index contributed by atoms with van der Waals surface area (Å²) in [5, 5.41) is 2.21. The predicted octanol–water partition coefficient (Wildman–Crippen LogP) is 16.4. The van der Waals surface area contributed by atoms with Crippen molar-refractivity contribution in [2.75, 3.05) is 0 Å². The summed E-state index contributed by atoms with van der Waals surface area (Å²) < 4.78 is 79.9. The zero-order valence-corrected chi connectivity index (χ0v) is 33.2. The van der Waals surface area contributed by atoms with E-state index in [1.807, 2.05) is 133 Å². The first-order valence-electron chi connectivity index (χ1n) is 20.0. The van der Waals surface area contributed by atoms with Gasteiger partial charge in [-0.2, -0.15) is 26.3 Å². The third kappa shape index (κ3) is 9.94. The highest BCUT2D eigenvalue weighted by Crippen LogP contribution is 2.34. The Hall–Kier alpha value is -7.44. The van der Waals surface area contributed by atoms with Crippen LogP contribution < -0.4 is 0 Å². The summed E-state index contributed by atoms with van der Waals surface area (Å²) in [7, 11) is 0. The van der Waals surface area contributed by atoms with Gasteiger partial charge in [-0.1, -0.05) is 194 Å². The fourth-order valence-corrected chi connectivity index (χ4v) is 7.33. The minimum atomic E-state index is -4.41. The van der Waals surface area contributed by atoms with Gasteiger partial charge in [0.05, 0.1) is 11.1 Å². The fourth-order valence-electron chi connectivity index (χ4n) is 7.33. The van der Waals surface area contributed by atoms with Crippen LogP contribution in [0.2, 0.25) is 0 Å². The molecule has 8 aromatic rings. The maximum absolute atomic E-state index is 13.3. The van der Waals surface area contributed by atoms with Crippen LogP contribution in [0.15, 0.2) is 194 Å². The molecule has 62 heavy (non-hydrogen) atoms. The van der Waals surface area contributed by atoms with Crippen LogP contribution in [0.25, 0.3) is 58.4 Å². The van der Waals surface area contributed by atoms with Crippen molar-refractivity contribution < 1.29 is 26.3 Å². The summed E-state index contributed by atoms with van der Waals surface area (Å²) in [6.07, 6.45) is 3.50. The topological polar surface area (TPSA) is 0 Å². The third-order valence-corrected chi connectivity index (χ3v) is 10.6. The minimum Gasteiger partial charge on any atom is -0.166 e. The third-order valence-electron chi connectivity index (χ3n) is 10.6. The van der Waals surface area contributed by atoms with E-state index in [0.717, 1.165) is 90.7 Å². The number of rotatable bonds is 10. The average Bonchev–Trinajstić information content (AvgIpc) is 3.29. The van der Waals surface area contributed by atoms with Gasteiger partial charge in [-0.3, -0.25) is 0 Å². The van der Waals surface area contributed by atoms with Gasteiger partial charge in [-0.15, -0.1) is 0 Å². The molecule has 0 atom stereocenters. The molecular weight excluding hydrogens is 787 g/mol. The second-order valence-electron chi connectivity index (χ2n) is 14.8. The maximum Gasteiger partial charge on any atom is 0.416 e. The molecule has 0 spiro atoms. The van der Waals surface area contributed by atoms with Crippen molar-refractivity contribution in [1.29, 1.82) is 0 Å². The number of fused-ring (bicyclic) bond motifs is 1. The van der Waals surface area contributed by atoms with Gasteiger partial charge in [0.1, 0.15) is 0 Å². The Morgan fingerprint density at radius 3 is 1.16 bits per heavy atom. The molecule has 8 aromatic carbocycles. The minimum absolute atomic E-state index is 0.686. The monoisotopic (exact) mass is 824 g/mol. The summed E-state index contributed by atoms with van der Waals surface area (Å²) in [6, 6.07) is 58.3. The van der Waals surface area contributed by atoms with Gasteiger partial charge in [0.15, 0.2) is 0 Å². The van der Waals surface area contributed by atoms with Gasteiger partial charge in [0, 0.05) is 0 Å². The number of benzene rings is 8. The molecule has 0 aliphatic rings. The Kier molecular flexibility index (Phi) is 12.0. The number of halogens is 6. The van der Waals surface area contributed by atoms with E-state index in [9.17, 15) is 26.3 Å². The number of hydrogen-bond donors (Lipinski definition) is 0. The highest BCUT2D eigenvalue weighted by atomic mass is 19.4. The highest BCUT2D eigenvalue weighted by Gasteiger charge is 2.31. The van der Waals surface area contributed by atoms with E-state index in [4.69, 9.17) is 0 Å². The van der Waals surface area contributed by atoms with Crippen molar-refractivity contribution in [3.63, 3.8) is 0 Å². The number of alkyl halides is 6. The summed E-state index contributed by atoms with van der Waals surface area (Å²) in [6.45, 7) is 0. The molecule has 0 unspecified atom stereocenters. The van der Waals surface area contributed by atoms with Crippen molar-refractivity contribution >= 4 is 58.4 Å².